The maximum Gasteiger partial charge on any atom is 0.348 e. The Hall–Kier alpha value is -4.10. The first-order valence-electron chi connectivity index (χ1n) is 11.6. The van der Waals surface area contributed by atoms with Gasteiger partial charge >= 0.3 is 11.9 Å². The zero-order valence-electron chi connectivity index (χ0n) is 20.6. The molecule has 1 N–H and O–H groups in total. The molecule has 0 aliphatic carbocycles. The van der Waals surface area contributed by atoms with Crippen LogP contribution >= 0.6 is 22.7 Å². The topological polar surface area (TPSA) is 139 Å². The van der Waals surface area contributed by atoms with Crippen LogP contribution < -0.4 is 15.6 Å². The Balaban J connectivity index is 1.38. The van der Waals surface area contributed by atoms with E-state index in [9.17, 15) is 19.2 Å². The number of benzene rings is 1. The molecule has 0 aliphatic rings. The normalized spacial score (nSPS) is 10.8. The molecule has 0 aliphatic heterocycles. The van der Waals surface area contributed by atoms with Crippen molar-refractivity contribution >= 4 is 55.9 Å². The van der Waals surface area contributed by atoms with Crippen molar-refractivity contribution in [1.29, 1.82) is 0 Å². The van der Waals surface area contributed by atoms with Crippen LogP contribution in [0.4, 0.5) is 5.13 Å². The molecule has 13 heteroatoms. The average Bonchev–Trinajstić information content (AvgIpc) is 3.47. The van der Waals surface area contributed by atoms with Gasteiger partial charge in [0.15, 0.2) is 5.13 Å². The predicted molar refractivity (Wildman–Crippen MR) is 142 cm³/mol. The Labute approximate surface area is 225 Å². The number of fused-ring (bicyclic) bond motifs is 1. The van der Waals surface area contributed by atoms with Crippen LogP contribution in [0.1, 0.15) is 27.9 Å². The van der Waals surface area contributed by atoms with Gasteiger partial charge < -0.3 is 19.5 Å². The Morgan fingerprint density at radius 2 is 1.89 bits per heavy atom. The third-order valence-corrected chi connectivity index (χ3v) is 7.16. The van der Waals surface area contributed by atoms with Crippen LogP contribution in [0.2, 0.25) is 0 Å². The summed E-state index contributed by atoms with van der Waals surface area (Å²) in [4.78, 5) is 59.0. The molecule has 0 atom stereocenters. The summed E-state index contributed by atoms with van der Waals surface area (Å²) in [6, 6.07) is 9.16. The van der Waals surface area contributed by atoms with Crippen molar-refractivity contribution in [2.24, 2.45) is 0 Å². The van der Waals surface area contributed by atoms with Crippen molar-refractivity contribution in [1.82, 2.24) is 14.5 Å². The molecule has 3 heterocycles. The predicted octanol–water partition coefficient (Wildman–Crippen LogP) is 3.20. The van der Waals surface area contributed by atoms with Gasteiger partial charge in [0.1, 0.15) is 35.2 Å². The van der Waals surface area contributed by atoms with E-state index in [0.717, 1.165) is 27.2 Å². The number of ether oxygens (including phenoxy) is 3. The fourth-order valence-electron chi connectivity index (χ4n) is 3.46. The van der Waals surface area contributed by atoms with Gasteiger partial charge in [-0.05, 0) is 31.5 Å². The molecular weight excluding hydrogens is 532 g/mol. The minimum absolute atomic E-state index is 0.00249. The lowest BCUT2D eigenvalue weighted by Gasteiger charge is -2.07. The molecule has 4 rings (SSSR count). The summed E-state index contributed by atoms with van der Waals surface area (Å²) < 4.78 is 16.9. The molecule has 0 bridgehead atoms. The van der Waals surface area contributed by atoms with Crippen molar-refractivity contribution < 1.29 is 28.6 Å². The average molecular weight is 557 g/mol. The highest BCUT2D eigenvalue weighted by Crippen LogP contribution is 2.27. The third-order valence-electron chi connectivity index (χ3n) is 5.17. The number of nitrogens with one attached hydrogen (secondary N) is 1. The number of para-hydroxylation sites is 1. The van der Waals surface area contributed by atoms with Gasteiger partial charge in [0, 0.05) is 5.38 Å². The Kier molecular flexibility index (Phi) is 8.81. The minimum Gasteiger partial charge on any atom is -0.490 e. The van der Waals surface area contributed by atoms with E-state index in [1.54, 1.807) is 31.4 Å². The lowest BCUT2D eigenvalue weighted by molar-refractivity contribution is -0.142. The molecule has 198 valence electrons. The van der Waals surface area contributed by atoms with Gasteiger partial charge in [-0.1, -0.05) is 18.2 Å². The van der Waals surface area contributed by atoms with Crippen LogP contribution in [0, 0.1) is 6.92 Å². The number of carbonyl (C=O) groups is 3. The second-order valence-electron chi connectivity index (χ2n) is 7.89. The lowest BCUT2D eigenvalue weighted by Crippen LogP contribution is -2.28. The summed E-state index contributed by atoms with van der Waals surface area (Å²) in [7, 11) is 0. The number of hydrogen-bond acceptors (Lipinski definition) is 11. The van der Waals surface area contributed by atoms with E-state index in [1.165, 1.54) is 6.33 Å². The molecule has 1 aromatic carbocycles. The number of aromatic nitrogens is 3. The summed E-state index contributed by atoms with van der Waals surface area (Å²) in [5.74, 6) is -0.802. The van der Waals surface area contributed by atoms with E-state index in [1.807, 2.05) is 18.2 Å². The number of esters is 2. The van der Waals surface area contributed by atoms with Crippen molar-refractivity contribution in [3.63, 3.8) is 0 Å². The zero-order valence-corrected chi connectivity index (χ0v) is 22.2. The van der Waals surface area contributed by atoms with E-state index >= 15 is 0 Å². The highest BCUT2D eigenvalue weighted by molar-refractivity contribution is 7.20. The number of rotatable bonds is 11. The smallest absolute Gasteiger partial charge is 0.348 e. The Morgan fingerprint density at radius 1 is 1.11 bits per heavy atom. The molecule has 1 amide bonds. The van der Waals surface area contributed by atoms with E-state index in [4.69, 9.17) is 14.2 Å². The van der Waals surface area contributed by atoms with Gasteiger partial charge in [0.2, 0.25) is 5.91 Å². The molecule has 0 fully saturated rings. The van der Waals surface area contributed by atoms with E-state index in [-0.39, 0.29) is 43.0 Å². The Morgan fingerprint density at radius 3 is 2.66 bits per heavy atom. The molecule has 0 spiro atoms. The summed E-state index contributed by atoms with van der Waals surface area (Å²) in [5, 5.41) is 4.81. The van der Waals surface area contributed by atoms with Crippen LogP contribution in [-0.2, 0) is 32.0 Å². The highest BCUT2D eigenvalue weighted by Gasteiger charge is 2.21. The van der Waals surface area contributed by atoms with Gasteiger partial charge in [0.05, 0.1) is 30.4 Å². The quantitative estimate of drug-likeness (QED) is 0.218. The molecule has 0 radical (unpaired) electrons. The van der Waals surface area contributed by atoms with Crippen LogP contribution in [0.3, 0.4) is 0 Å². The van der Waals surface area contributed by atoms with Gasteiger partial charge in [-0.25, -0.2) is 14.8 Å². The molecule has 0 saturated carbocycles. The molecule has 0 saturated heterocycles. The Bertz CT molecular complexity index is 1510. The van der Waals surface area contributed by atoms with Crippen LogP contribution in [0.15, 0.2) is 46.8 Å². The van der Waals surface area contributed by atoms with E-state index < -0.39 is 23.4 Å². The fraction of sp³-hybridized carbons (Fsp3) is 0.280. The van der Waals surface area contributed by atoms with Crippen LogP contribution in [0.5, 0.6) is 5.75 Å². The lowest BCUT2D eigenvalue weighted by atomic mass is 10.2. The molecular formula is C25H24N4O7S2. The van der Waals surface area contributed by atoms with Crippen molar-refractivity contribution in [2.75, 3.05) is 25.1 Å². The largest absolute Gasteiger partial charge is 0.490 e. The molecule has 38 heavy (non-hydrogen) atoms. The number of hydrogen-bond donors (Lipinski definition) is 1. The number of aryl methyl sites for hydroxylation is 1. The number of carbonyl (C=O) groups excluding carboxylic acids is 3. The standard InChI is InChI=1S/C25H24N4O7S2/c1-3-34-19(31)11-16-13-37-25(27-16)28-18(30)12-29-14-26-22-20(23(29)32)15(2)21(38-22)24(33)36-10-9-35-17-7-5-4-6-8-17/h4-8,13-14H,3,9-12H2,1-2H3,(H,27,28,30). The number of anilines is 1. The SMILES string of the molecule is CCOC(=O)Cc1csc(NC(=O)Cn2cnc3sc(C(=O)OCCOc4ccccc4)c(C)c3c2=O)n1. The first-order valence-corrected chi connectivity index (χ1v) is 13.3. The molecule has 3 aromatic heterocycles. The van der Waals surface area contributed by atoms with E-state index in [0.29, 0.717) is 27.0 Å². The van der Waals surface area contributed by atoms with Gasteiger partial charge in [0.25, 0.3) is 5.56 Å². The first-order chi connectivity index (χ1) is 18.4. The maximum atomic E-state index is 13.1. The first kappa shape index (κ1) is 26.9. The minimum atomic E-state index is -0.576. The van der Waals surface area contributed by atoms with E-state index in [2.05, 4.69) is 15.3 Å². The van der Waals surface area contributed by atoms with Gasteiger partial charge in [-0.3, -0.25) is 19.0 Å². The number of amides is 1. The van der Waals surface area contributed by atoms with Crippen LogP contribution in [-0.4, -0.2) is 52.2 Å². The zero-order chi connectivity index (χ0) is 27.1. The third kappa shape index (κ3) is 6.61. The van der Waals surface area contributed by atoms with Gasteiger partial charge in [-0.2, -0.15) is 0 Å². The van der Waals surface area contributed by atoms with Crippen molar-refractivity contribution in [3.05, 3.63) is 68.5 Å². The fourth-order valence-corrected chi connectivity index (χ4v) is 5.22. The summed E-state index contributed by atoms with van der Waals surface area (Å²) in [5.41, 5.74) is 0.464. The monoisotopic (exact) mass is 556 g/mol. The van der Waals surface area contributed by atoms with Crippen molar-refractivity contribution in [2.45, 2.75) is 26.8 Å². The number of thiazole rings is 1. The molecule has 0 unspecified atom stereocenters. The van der Waals surface area contributed by atoms with Crippen LogP contribution in [0.25, 0.3) is 10.2 Å². The van der Waals surface area contributed by atoms with Crippen molar-refractivity contribution in [3.8, 4) is 5.75 Å². The highest BCUT2D eigenvalue weighted by atomic mass is 32.1. The second-order valence-corrected chi connectivity index (χ2v) is 9.74. The number of thiophene rings is 1. The van der Waals surface area contributed by atoms with Gasteiger partial charge in [-0.15, -0.1) is 22.7 Å². The summed E-state index contributed by atoms with van der Waals surface area (Å²) >= 11 is 2.21. The second kappa shape index (κ2) is 12.4. The number of nitrogens with zero attached hydrogens (tertiary/aromatic N) is 3. The molecule has 4 aromatic rings. The molecule has 11 nitrogen and oxygen atoms in total. The summed E-state index contributed by atoms with van der Waals surface area (Å²) in [6.45, 7) is 3.55. The maximum absolute atomic E-state index is 13.1. The summed E-state index contributed by atoms with van der Waals surface area (Å²) in [6.07, 6.45) is 1.26.